The number of benzene rings is 1. The number of nitrogens with zero attached hydrogens (tertiary/aromatic N) is 5. The van der Waals surface area contributed by atoms with Gasteiger partial charge in [0.2, 0.25) is 0 Å². The van der Waals surface area contributed by atoms with Gasteiger partial charge in [-0.2, -0.15) is 18.3 Å². The van der Waals surface area contributed by atoms with Crippen molar-refractivity contribution < 1.29 is 22.7 Å². The Morgan fingerprint density at radius 2 is 1.97 bits per heavy atom. The number of carbonyl (C=O) groups is 1. The number of pyridine rings is 1. The molecule has 11 heteroatoms. The normalized spacial score (nSPS) is 14.5. The van der Waals surface area contributed by atoms with Crippen LogP contribution in [0.25, 0.3) is 11.1 Å². The van der Waals surface area contributed by atoms with Gasteiger partial charge >= 0.3 is 6.18 Å². The molecule has 0 saturated heterocycles. The zero-order chi connectivity index (χ0) is 27.0. The molecule has 0 fully saturated rings. The average molecular weight is 525 g/mol. The number of carbonyl (C=O) groups excluding carboxylic acids is 1. The van der Waals surface area contributed by atoms with Gasteiger partial charge in [0, 0.05) is 61.0 Å². The first-order valence-electron chi connectivity index (χ1n) is 12.3. The zero-order valence-electron chi connectivity index (χ0n) is 21.2. The van der Waals surface area contributed by atoms with E-state index in [2.05, 4.69) is 20.1 Å². The van der Waals surface area contributed by atoms with Crippen molar-refractivity contribution in [2.24, 2.45) is 0 Å². The predicted octanol–water partition coefficient (Wildman–Crippen LogP) is 5.07. The fraction of sp³-hybridized carbons (Fsp3) is 0.333. The summed E-state index contributed by atoms with van der Waals surface area (Å²) in [5, 5.41) is 3.81. The Balaban J connectivity index is 1.62. The summed E-state index contributed by atoms with van der Waals surface area (Å²) in [4.78, 5) is 27.0. The lowest BCUT2D eigenvalue weighted by Gasteiger charge is -2.34. The highest BCUT2D eigenvalue weighted by molar-refractivity contribution is 5.99. The Bertz CT molecular complexity index is 1460. The first-order chi connectivity index (χ1) is 18.2. The predicted molar refractivity (Wildman–Crippen MR) is 134 cm³/mol. The van der Waals surface area contributed by atoms with Crippen LogP contribution in [0.1, 0.15) is 58.5 Å². The highest BCUT2D eigenvalue weighted by Crippen LogP contribution is 2.41. The number of alkyl halides is 3. The van der Waals surface area contributed by atoms with Gasteiger partial charge in [-0.1, -0.05) is 6.07 Å². The third-order valence-corrected chi connectivity index (χ3v) is 6.88. The van der Waals surface area contributed by atoms with E-state index in [9.17, 15) is 18.0 Å². The summed E-state index contributed by atoms with van der Waals surface area (Å²) < 4.78 is 48.7. The lowest BCUT2D eigenvalue weighted by atomic mass is 9.87. The Labute approximate surface area is 217 Å². The van der Waals surface area contributed by atoms with Crippen molar-refractivity contribution in [1.29, 1.82) is 0 Å². The number of hydrogen-bond acceptors (Lipinski definition) is 5. The molecule has 1 N–H and O–H groups in total. The van der Waals surface area contributed by atoms with Crippen molar-refractivity contribution >= 4 is 5.91 Å². The van der Waals surface area contributed by atoms with Crippen LogP contribution in [-0.4, -0.2) is 49.2 Å². The van der Waals surface area contributed by atoms with E-state index in [0.717, 1.165) is 5.69 Å². The van der Waals surface area contributed by atoms with Crippen molar-refractivity contribution in [2.45, 2.75) is 45.5 Å². The summed E-state index contributed by atoms with van der Waals surface area (Å²) in [7, 11) is 1.56. The summed E-state index contributed by atoms with van der Waals surface area (Å²) in [6, 6.07) is 6.66. The number of fused-ring (bicyclic) bond motifs is 1. The topological polar surface area (TPSA) is 88.9 Å². The van der Waals surface area contributed by atoms with Crippen LogP contribution in [0.3, 0.4) is 0 Å². The van der Waals surface area contributed by atoms with Gasteiger partial charge in [0.15, 0.2) is 5.69 Å². The Morgan fingerprint density at radius 1 is 1.18 bits per heavy atom. The first kappa shape index (κ1) is 25.5. The molecule has 38 heavy (non-hydrogen) atoms. The Kier molecular flexibility index (Phi) is 6.68. The number of methoxy groups -OCH3 is 1. The van der Waals surface area contributed by atoms with E-state index >= 15 is 0 Å². The molecule has 4 aromatic rings. The van der Waals surface area contributed by atoms with Gasteiger partial charge in [-0.25, -0.2) is 4.98 Å². The molecule has 1 aromatic carbocycles. The van der Waals surface area contributed by atoms with Gasteiger partial charge in [-0.15, -0.1) is 0 Å². The number of hydrogen-bond donors (Lipinski definition) is 1. The molecule has 3 aromatic heterocycles. The molecule has 0 saturated carbocycles. The van der Waals surface area contributed by atoms with Gasteiger partial charge in [-0.05, 0) is 49.1 Å². The second kappa shape index (κ2) is 9.96. The van der Waals surface area contributed by atoms with Gasteiger partial charge in [0.25, 0.3) is 5.91 Å². The van der Waals surface area contributed by atoms with Crippen molar-refractivity contribution in [3.63, 3.8) is 0 Å². The van der Waals surface area contributed by atoms with E-state index in [-0.39, 0.29) is 24.1 Å². The second-order valence-corrected chi connectivity index (χ2v) is 9.21. The number of halogens is 3. The quantitative estimate of drug-likeness (QED) is 0.365. The minimum Gasteiger partial charge on any atom is -0.497 e. The van der Waals surface area contributed by atoms with Crippen LogP contribution in [0.4, 0.5) is 13.2 Å². The summed E-state index contributed by atoms with van der Waals surface area (Å²) in [6.07, 6.45) is 2.36. The molecule has 198 valence electrons. The highest BCUT2D eigenvalue weighted by atomic mass is 19.4. The standard InChI is InChI=1S/C27H27F3N6O2/c1-4-35-14-23(25(34-35)27(28,29)30)21-10-17(9-18-13-31-15-33-18)11-22-20(21)6-8-36(26(22)37)16(2)24-12-19(38-3)5-7-32-24/h5,7,10-16H,4,6,8-9H2,1-3H3,(H,31,33)/t16-/m0/s1. The van der Waals surface area contributed by atoms with Crippen LogP contribution in [0.2, 0.25) is 0 Å². The minimum atomic E-state index is -4.64. The van der Waals surface area contributed by atoms with Crippen LogP contribution in [0, 0.1) is 0 Å². The summed E-state index contributed by atoms with van der Waals surface area (Å²) in [5.41, 5.74) is 2.52. The molecule has 0 radical (unpaired) electrons. The first-order valence-corrected chi connectivity index (χ1v) is 12.3. The van der Waals surface area contributed by atoms with E-state index in [4.69, 9.17) is 4.74 Å². The van der Waals surface area contributed by atoms with Crippen LogP contribution in [0.5, 0.6) is 5.75 Å². The lowest BCUT2D eigenvalue weighted by Crippen LogP contribution is -2.40. The molecule has 0 unspecified atom stereocenters. The van der Waals surface area contributed by atoms with E-state index in [0.29, 0.717) is 53.1 Å². The number of aromatic amines is 1. The number of ether oxygens (including phenoxy) is 1. The molecule has 4 heterocycles. The molecule has 1 aliphatic heterocycles. The highest BCUT2D eigenvalue weighted by Gasteiger charge is 2.39. The molecule has 0 aliphatic carbocycles. The molecule has 8 nitrogen and oxygen atoms in total. The summed E-state index contributed by atoms with van der Waals surface area (Å²) in [6.45, 7) is 4.24. The van der Waals surface area contributed by atoms with Crippen LogP contribution in [-0.2, 0) is 25.6 Å². The minimum absolute atomic E-state index is 0.0224. The van der Waals surface area contributed by atoms with Gasteiger partial charge in [-0.3, -0.25) is 14.5 Å². The molecular formula is C27H27F3N6O2. The largest absolute Gasteiger partial charge is 0.497 e. The number of H-pyrrole nitrogens is 1. The fourth-order valence-electron chi connectivity index (χ4n) is 4.93. The van der Waals surface area contributed by atoms with E-state index < -0.39 is 11.9 Å². The van der Waals surface area contributed by atoms with Crippen LogP contribution < -0.4 is 4.74 Å². The summed E-state index contributed by atoms with van der Waals surface area (Å²) in [5.74, 6) is 0.371. The number of rotatable bonds is 7. The van der Waals surface area contributed by atoms with Crippen LogP contribution >= 0.6 is 0 Å². The number of aromatic nitrogens is 5. The smallest absolute Gasteiger partial charge is 0.435 e. The third kappa shape index (κ3) is 4.75. The van der Waals surface area contributed by atoms with Gasteiger partial charge in [0.05, 0.1) is 25.2 Å². The van der Waals surface area contributed by atoms with E-state index in [1.165, 1.54) is 17.2 Å². The molecule has 0 bridgehead atoms. The third-order valence-electron chi connectivity index (χ3n) is 6.88. The SMILES string of the molecule is CCn1cc(-c2cc(Cc3cnc[nH]3)cc3c2CCN([C@@H](C)c2cc(OC)ccn2)C3=O)c(C(F)(F)F)n1. The number of nitrogens with one attached hydrogen (secondary N) is 1. The molecule has 1 amide bonds. The van der Waals surface area contributed by atoms with E-state index in [1.807, 2.05) is 6.92 Å². The fourth-order valence-corrected chi connectivity index (χ4v) is 4.93. The number of amides is 1. The zero-order valence-corrected chi connectivity index (χ0v) is 21.2. The Morgan fingerprint density at radius 3 is 2.66 bits per heavy atom. The van der Waals surface area contributed by atoms with Gasteiger partial charge in [0.1, 0.15) is 5.75 Å². The van der Waals surface area contributed by atoms with Crippen molar-refractivity contribution in [3.8, 4) is 16.9 Å². The van der Waals surface area contributed by atoms with Crippen molar-refractivity contribution in [2.75, 3.05) is 13.7 Å². The molecule has 1 aliphatic rings. The van der Waals surface area contributed by atoms with Crippen molar-refractivity contribution in [1.82, 2.24) is 29.6 Å². The molecular weight excluding hydrogens is 497 g/mol. The number of aryl methyl sites for hydroxylation is 1. The summed E-state index contributed by atoms with van der Waals surface area (Å²) >= 11 is 0. The van der Waals surface area contributed by atoms with Gasteiger partial charge < -0.3 is 14.6 Å². The molecule has 5 rings (SSSR count). The maximum atomic E-state index is 14.0. The Hall–Kier alpha value is -4.15. The van der Waals surface area contributed by atoms with Crippen molar-refractivity contribution in [3.05, 3.63) is 83.0 Å². The molecule has 0 spiro atoms. The van der Waals surface area contributed by atoms with E-state index in [1.54, 1.807) is 55.6 Å². The second-order valence-electron chi connectivity index (χ2n) is 9.21. The number of imidazole rings is 1. The average Bonchev–Trinajstić information content (AvgIpc) is 3.58. The lowest BCUT2D eigenvalue weighted by molar-refractivity contribution is -0.141. The van der Waals surface area contributed by atoms with Crippen LogP contribution in [0.15, 0.2) is 49.2 Å². The molecule has 1 atom stereocenters. The maximum Gasteiger partial charge on any atom is 0.435 e. The monoisotopic (exact) mass is 524 g/mol. The maximum absolute atomic E-state index is 14.0.